The minimum atomic E-state index is -3.74. The van der Waals surface area contributed by atoms with E-state index in [0.29, 0.717) is 15.0 Å². The van der Waals surface area contributed by atoms with E-state index in [2.05, 4.69) is 20.3 Å². The maximum atomic E-state index is 12.6. The van der Waals surface area contributed by atoms with Gasteiger partial charge in [-0.2, -0.15) is 0 Å². The smallest absolute Gasteiger partial charge is 0.316 e. The number of nitrogens with zero attached hydrogens (tertiary/aromatic N) is 3. The van der Waals surface area contributed by atoms with Crippen LogP contribution in [-0.4, -0.2) is 55.7 Å². The molecule has 1 atom stereocenters. The second-order valence-electron chi connectivity index (χ2n) is 5.44. The molecule has 9 nitrogen and oxygen atoms in total. The molecule has 28 heavy (non-hydrogen) atoms. The Balaban J connectivity index is 2.12. The summed E-state index contributed by atoms with van der Waals surface area (Å²) in [7, 11) is -2.46. The topological polar surface area (TPSA) is 119 Å². The van der Waals surface area contributed by atoms with Crippen molar-refractivity contribution in [3.8, 4) is 0 Å². The first-order valence-corrected chi connectivity index (χ1v) is 11.7. The number of hydrogen-bond acceptors (Lipinski definition) is 9. The molecule has 1 amide bonds. The van der Waals surface area contributed by atoms with E-state index in [4.69, 9.17) is 11.6 Å². The Morgan fingerprint density at radius 1 is 1.32 bits per heavy atom. The Hall–Kier alpha value is -1.89. The summed E-state index contributed by atoms with van der Waals surface area (Å²) in [5.74, 6) is -0.930. The number of thioether (sulfide) groups is 1. The molecule has 0 fully saturated rings. The van der Waals surface area contributed by atoms with Crippen molar-refractivity contribution in [2.45, 2.75) is 17.3 Å². The van der Waals surface area contributed by atoms with Gasteiger partial charge in [0.1, 0.15) is 6.04 Å². The first-order chi connectivity index (χ1) is 13.1. The number of anilines is 2. The Morgan fingerprint density at radius 2 is 1.96 bits per heavy atom. The number of carbonyl (C=O) groups excluding carboxylic acids is 2. The van der Waals surface area contributed by atoms with Crippen LogP contribution in [0.2, 0.25) is 5.02 Å². The average molecular weight is 465 g/mol. The third-order valence-corrected chi connectivity index (χ3v) is 6.79. The van der Waals surface area contributed by atoms with Crippen LogP contribution in [0.5, 0.6) is 0 Å². The summed E-state index contributed by atoms with van der Waals surface area (Å²) in [4.78, 5) is 23.7. The Labute approximate surface area is 175 Å². The van der Waals surface area contributed by atoms with Gasteiger partial charge in [-0.1, -0.05) is 34.7 Å². The summed E-state index contributed by atoms with van der Waals surface area (Å²) in [5.41, 5.74) is 0.307. The molecule has 1 aromatic carbocycles. The molecule has 0 aliphatic rings. The van der Waals surface area contributed by atoms with Gasteiger partial charge in [0.25, 0.3) is 0 Å². The molecule has 0 saturated heterocycles. The van der Waals surface area contributed by atoms with Gasteiger partial charge in [0.2, 0.25) is 21.1 Å². The molecule has 0 aliphatic heterocycles. The van der Waals surface area contributed by atoms with Crippen LogP contribution in [0.4, 0.5) is 10.8 Å². The van der Waals surface area contributed by atoms with E-state index >= 15 is 0 Å². The Kier molecular flexibility index (Phi) is 7.63. The van der Waals surface area contributed by atoms with Gasteiger partial charge in [-0.25, -0.2) is 8.42 Å². The molecule has 152 valence electrons. The number of nitrogens with one attached hydrogen (secondary N) is 1. The number of halogens is 1. The zero-order chi connectivity index (χ0) is 20.9. The van der Waals surface area contributed by atoms with Crippen molar-refractivity contribution in [1.29, 1.82) is 0 Å². The molecule has 0 radical (unpaired) electrons. The summed E-state index contributed by atoms with van der Waals surface area (Å²) >= 11 is 8.03. The van der Waals surface area contributed by atoms with Gasteiger partial charge in [-0.3, -0.25) is 19.2 Å². The highest BCUT2D eigenvalue weighted by molar-refractivity contribution is 8.01. The molecule has 13 heteroatoms. The summed E-state index contributed by atoms with van der Waals surface area (Å²) in [6.45, 7) is 1.46. The fraction of sp³-hybridized carbons (Fsp3) is 0.333. The average Bonchev–Trinajstić information content (AvgIpc) is 3.07. The molecule has 1 N–H and O–H groups in total. The van der Waals surface area contributed by atoms with Crippen molar-refractivity contribution in [3.63, 3.8) is 0 Å². The molecule has 1 aromatic heterocycles. The van der Waals surface area contributed by atoms with Gasteiger partial charge >= 0.3 is 5.97 Å². The predicted molar refractivity (Wildman–Crippen MR) is 110 cm³/mol. The van der Waals surface area contributed by atoms with E-state index in [1.54, 1.807) is 0 Å². The number of amides is 1. The van der Waals surface area contributed by atoms with Gasteiger partial charge in [0.15, 0.2) is 4.34 Å². The van der Waals surface area contributed by atoms with Crippen molar-refractivity contribution in [1.82, 2.24) is 10.2 Å². The third kappa shape index (κ3) is 6.06. The second kappa shape index (κ2) is 9.54. The molecule has 0 bridgehead atoms. The summed E-state index contributed by atoms with van der Waals surface area (Å²) in [6, 6.07) is 5.05. The lowest BCUT2D eigenvalue weighted by molar-refractivity contribution is -0.137. The number of benzene rings is 1. The molecule has 1 unspecified atom stereocenters. The number of hydrogen-bond donors (Lipinski definition) is 1. The minimum absolute atomic E-state index is 0.0634. The van der Waals surface area contributed by atoms with Gasteiger partial charge in [0.05, 0.1) is 24.8 Å². The van der Waals surface area contributed by atoms with Gasteiger partial charge in [-0.15, -0.1) is 10.2 Å². The molecular formula is C15H17ClN4O5S3. The normalized spacial score (nSPS) is 12.3. The van der Waals surface area contributed by atoms with Crippen LogP contribution in [0.3, 0.4) is 0 Å². The number of rotatable bonds is 8. The number of esters is 1. The first kappa shape index (κ1) is 22.4. The van der Waals surface area contributed by atoms with Crippen LogP contribution in [0.25, 0.3) is 0 Å². The number of sulfonamides is 1. The molecule has 2 rings (SSSR count). The van der Waals surface area contributed by atoms with E-state index in [1.165, 1.54) is 38.3 Å². The summed E-state index contributed by atoms with van der Waals surface area (Å²) in [5, 5.41) is 10.9. The summed E-state index contributed by atoms with van der Waals surface area (Å²) < 4.78 is 30.5. The Bertz CT molecular complexity index is 949. The molecule has 0 saturated carbocycles. The highest BCUT2D eigenvalue weighted by atomic mass is 35.5. The maximum absolute atomic E-state index is 12.6. The highest BCUT2D eigenvalue weighted by Gasteiger charge is 2.29. The van der Waals surface area contributed by atoms with E-state index in [9.17, 15) is 18.0 Å². The van der Waals surface area contributed by atoms with E-state index in [-0.39, 0.29) is 10.9 Å². The van der Waals surface area contributed by atoms with Crippen LogP contribution in [0, 0.1) is 0 Å². The van der Waals surface area contributed by atoms with Crippen molar-refractivity contribution in [3.05, 3.63) is 29.3 Å². The standard InChI is InChI=1S/C15H17ClN4O5S3/c1-9(20(28(3,23)24)11-6-4-10(16)5-7-11)13(22)17-14-18-19-15(27-14)26-8-12(21)25-2/h4-7,9H,8H2,1-3H3,(H,17,18,22). The minimum Gasteiger partial charge on any atom is -0.468 e. The van der Waals surface area contributed by atoms with E-state index in [1.807, 2.05) is 0 Å². The van der Waals surface area contributed by atoms with Crippen molar-refractivity contribution >= 4 is 67.4 Å². The number of ether oxygens (including phenoxy) is 1. The Morgan fingerprint density at radius 3 is 2.54 bits per heavy atom. The number of aromatic nitrogens is 2. The number of methoxy groups -OCH3 is 1. The lowest BCUT2D eigenvalue weighted by Crippen LogP contribution is -2.45. The van der Waals surface area contributed by atoms with Crippen LogP contribution >= 0.6 is 34.7 Å². The van der Waals surface area contributed by atoms with E-state index < -0.39 is 27.9 Å². The molecular weight excluding hydrogens is 448 g/mol. The molecule has 0 spiro atoms. The fourth-order valence-corrected chi connectivity index (χ4v) is 4.99. The SMILES string of the molecule is COC(=O)CSc1nnc(NC(=O)C(C)N(c2ccc(Cl)cc2)S(C)(=O)=O)s1. The van der Waals surface area contributed by atoms with Gasteiger partial charge in [-0.05, 0) is 31.2 Å². The second-order valence-corrected chi connectivity index (χ2v) is 9.93. The largest absolute Gasteiger partial charge is 0.468 e. The molecule has 2 aromatic rings. The first-order valence-electron chi connectivity index (χ1n) is 7.70. The number of carbonyl (C=O) groups is 2. The van der Waals surface area contributed by atoms with Crippen LogP contribution in [0.15, 0.2) is 28.6 Å². The van der Waals surface area contributed by atoms with Gasteiger partial charge < -0.3 is 4.74 Å². The van der Waals surface area contributed by atoms with E-state index in [0.717, 1.165) is 33.7 Å². The lowest BCUT2D eigenvalue weighted by Gasteiger charge is -2.27. The van der Waals surface area contributed by atoms with Crippen molar-refractivity contribution < 1.29 is 22.7 Å². The van der Waals surface area contributed by atoms with Crippen molar-refractivity contribution in [2.75, 3.05) is 28.7 Å². The summed E-state index contributed by atoms with van der Waals surface area (Å²) in [6.07, 6.45) is 1.01. The monoisotopic (exact) mass is 464 g/mol. The molecule has 0 aliphatic carbocycles. The zero-order valence-corrected chi connectivity index (χ0v) is 18.3. The van der Waals surface area contributed by atoms with Gasteiger partial charge in [0, 0.05) is 5.02 Å². The van der Waals surface area contributed by atoms with Crippen molar-refractivity contribution in [2.24, 2.45) is 0 Å². The highest BCUT2D eigenvalue weighted by Crippen LogP contribution is 2.27. The van der Waals surface area contributed by atoms with Crippen LogP contribution < -0.4 is 9.62 Å². The quantitative estimate of drug-likeness (QED) is 0.359. The fourth-order valence-electron chi connectivity index (χ4n) is 2.10. The molecule has 1 heterocycles. The van der Waals surface area contributed by atoms with Crippen LogP contribution in [0.1, 0.15) is 6.92 Å². The predicted octanol–water partition coefficient (Wildman–Crippen LogP) is 2.25. The zero-order valence-electron chi connectivity index (χ0n) is 15.1. The van der Waals surface area contributed by atoms with Crippen LogP contribution in [-0.2, 0) is 24.3 Å². The third-order valence-electron chi connectivity index (χ3n) is 3.35. The maximum Gasteiger partial charge on any atom is 0.316 e. The lowest BCUT2D eigenvalue weighted by atomic mass is 10.2.